The molecule has 2 aliphatic rings. The molecule has 12 heteroatoms. The van der Waals surface area contributed by atoms with E-state index in [9.17, 15) is 9.90 Å². The number of carbonyl (C=O) groups is 1. The highest BCUT2D eigenvalue weighted by Gasteiger charge is 2.41. The van der Waals surface area contributed by atoms with E-state index < -0.39 is 5.97 Å². The third-order valence-corrected chi connectivity index (χ3v) is 7.86. The molecular formula is C27H38ClN5O6. The minimum atomic E-state index is -0.843. The van der Waals surface area contributed by atoms with E-state index >= 15 is 0 Å². The van der Waals surface area contributed by atoms with Gasteiger partial charge in [-0.3, -0.25) is 4.79 Å². The lowest BCUT2D eigenvalue weighted by Crippen LogP contribution is -2.44. The minimum absolute atomic E-state index is 0.0147. The minimum Gasteiger partial charge on any atom is -0.481 e. The van der Waals surface area contributed by atoms with Crippen LogP contribution >= 0.6 is 11.6 Å². The third-order valence-electron chi connectivity index (χ3n) is 7.57. The Labute approximate surface area is 234 Å². The number of hydrogen-bond acceptors (Lipinski definition) is 10. The summed E-state index contributed by atoms with van der Waals surface area (Å²) in [4.78, 5) is 29.0. The Balaban J connectivity index is 1.37. The zero-order valence-corrected chi connectivity index (χ0v) is 23.7. The van der Waals surface area contributed by atoms with Crippen molar-refractivity contribution in [3.05, 3.63) is 29.7 Å². The fraction of sp³-hybridized carbons (Fsp3) is 0.630. The molecule has 0 spiro atoms. The van der Waals surface area contributed by atoms with Gasteiger partial charge < -0.3 is 33.9 Å². The lowest BCUT2D eigenvalue weighted by molar-refractivity contribution is -0.137. The zero-order valence-electron chi connectivity index (χ0n) is 23.0. The first-order valence-electron chi connectivity index (χ1n) is 13.3. The van der Waals surface area contributed by atoms with Crippen LogP contribution in [0, 0.1) is 11.8 Å². The van der Waals surface area contributed by atoms with E-state index in [4.69, 9.17) is 30.5 Å². The average Bonchev–Trinajstić information content (AvgIpc) is 3.22. The smallest absolute Gasteiger partial charge is 0.316 e. The quantitative estimate of drug-likeness (QED) is 0.382. The van der Waals surface area contributed by atoms with Crippen LogP contribution in [0.1, 0.15) is 33.1 Å². The predicted molar refractivity (Wildman–Crippen MR) is 147 cm³/mol. The monoisotopic (exact) mass is 563 g/mol. The van der Waals surface area contributed by atoms with Crippen molar-refractivity contribution in [2.45, 2.75) is 51.4 Å². The lowest BCUT2D eigenvalue weighted by atomic mass is 9.96. The van der Waals surface area contributed by atoms with Crippen LogP contribution in [-0.2, 0) is 14.3 Å². The summed E-state index contributed by atoms with van der Waals surface area (Å²) < 4.78 is 22.6. The maximum absolute atomic E-state index is 11.6. The number of pyridine rings is 1. The first-order valence-corrected chi connectivity index (χ1v) is 13.7. The van der Waals surface area contributed by atoms with Gasteiger partial charge in [0.2, 0.25) is 5.88 Å². The van der Waals surface area contributed by atoms with Crippen molar-refractivity contribution in [3.8, 4) is 11.9 Å². The fourth-order valence-corrected chi connectivity index (χ4v) is 5.60. The first-order chi connectivity index (χ1) is 18.8. The van der Waals surface area contributed by atoms with Crippen molar-refractivity contribution < 1.29 is 28.8 Å². The van der Waals surface area contributed by atoms with E-state index in [1.807, 2.05) is 17.9 Å². The molecule has 2 aromatic heterocycles. The molecule has 0 radical (unpaired) electrons. The summed E-state index contributed by atoms with van der Waals surface area (Å²) in [5.74, 6) is -0.0763. The molecule has 0 amide bonds. The van der Waals surface area contributed by atoms with E-state index in [0.29, 0.717) is 36.7 Å². The molecule has 0 saturated carbocycles. The summed E-state index contributed by atoms with van der Waals surface area (Å²) in [7, 11) is 3.25. The maximum atomic E-state index is 11.6. The van der Waals surface area contributed by atoms with Gasteiger partial charge in [-0.1, -0.05) is 25.4 Å². The summed E-state index contributed by atoms with van der Waals surface area (Å²) in [5.41, 5.74) is 1.65. The van der Waals surface area contributed by atoms with Crippen LogP contribution in [0.3, 0.4) is 0 Å². The van der Waals surface area contributed by atoms with Gasteiger partial charge in [-0.05, 0) is 6.42 Å². The molecule has 2 saturated heterocycles. The number of rotatable bonds is 12. The zero-order chi connectivity index (χ0) is 27.9. The molecule has 4 heterocycles. The molecule has 1 N–H and O–H groups in total. The summed E-state index contributed by atoms with van der Waals surface area (Å²) in [5, 5.41) is 10.1. The summed E-state index contributed by atoms with van der Waals surface area (Å²) >= 11 is 6.40. The van der Waals surface area contributed by atoms with Gasteiger partial charge in [0.15, 0.2) is 0 Å². The van der Waals surface area contributed by atoms with E-state index in [-0.39, 0.29) is 36.5 Å². The number of halogens is 1. The van der Waals surface area contributed by atoms with E-state index in [1.54, 1.807) is 32.8 Å². The van der Waals surface area contributed by atoms with Crippen molar-refractivity contribution in [1.29, 1.82) is 0 Å². The molecule has 0 aromatic carbocycles. The number of ether oxygens (including phenoxy) is 4. The average molecular weight is 564 g/mol. The van der Waals surface area contributed by atoms with Crippen LogP contribution in [-0.4, -0.2) is 91.3 Å². The Bertz CT molecular complexity index is 1090. The standard InChI is InChI=1S/C27H38ClN5O6/c1-17-15-32(22-10-25(37-4)29-14-20(22)28)7-6-23(17)39-27-30-12-19(13-31-27)33-16-24(38-9-5-8-36-3)18(2)21(33)11-26(34)35/h10,12-14,17-18,21,23-24H,5-9,11,15-16H2,1-4H3,(H,34,35). The normalized spacial score (nSPS) is 25.1. The van der Waals surface area contributed by atoms with Gasteiger partial charge >= 0.3 is 12.0 Å². The molecule has 39 heavy (non-hydrogen) atoms. The molecule has 4 rings (SSSR count). The van der Waals surface area contributed by atoms with Crippen LogP contribution in [0.5, 0.6) is 11.9 Å². The van der Waals surface area contributed by atoms with Crippen LogP contribution in [0.4, 0.5) is 11.4 Å². The highest BCUT2D eigenvalue weighted by molar-refractivity contribution is 6.33. The molecule has 5 atom stereocenters. The number of hydrogen-bond donors (Lipinski definition) is 1. The number of carboxylic acid groups (broad SMARTS) is 1. The molecule has 2 fully saturated rings. The summed E-state index contributed by atoms with van der Waals surface area (Å²) in [6.45, 7) is 7.45. The molecule has 214 valence electrons. The predicted octanol–water partition coefficient (Wildman–Crippen LogP) is 3.55. The van der Waals surface area contributed by atoms with Crippen molar-refractivity contribution in [3.63, 3.8) is 0 Å². The summed E-state index contributed by atoms with van der Waals surface area (Å²) in [6.07, 6.45) is 6.48. The molecule has 0 aliphatic carbocycles. The Morgan fingerprint density at radius 2 is 1.87 bits per heavy atom. The fourth-order valence-electron chi connectivity index (χ4n) is 5.38. The number of anilines is 2. The molecule has 2 aromatic rings. The van der Waals surface area contributed by atoms with Gasteiger partial charge in [0.25, 0.3) is 0 Å². The Morgan fingerprint density at radius 3 is 2.54 bits per heavy atom. The van der Waals surface area contributed by atoms with Gasteiger partial charge in [0.05, 0.1) is 54.6 Å². The highest BCUT2D eigenvalue weighted by Crippen LogP contribution is 2.35. The van der Waals surface area contributed by atoms with Crippen molar-refractivity contribution in [1.82, 2.24) is 15.0 Å². The molecule has 5 unspecified atom stereocenters. The third kappa shape index (κ3) is 7.20. The van der Waals surface area contributed by atoms with E-state index in [2.05, 4.69) is 26.8 Å². The second kappa shape index (κ2) is 13.5. The van der Waals surface area contributed by atoms with E-state index in [1.165, 1.54) is 0 Å². The molecule has 11 nitrogen and oxygen atoms in total. The number of methoxy groups -OCH3 is 2. The largest absolute Gasteiger partial charge is 0.481 e. The number of aliphatic carboxylic acids is 1. The first kappa shape index (κ1) is 29.1. The lowest BCUT2D eigenvalue weighted by Gasteiger charge is -2.38. The van der Waals surface area contributed by atoms with Crippen LogP contribution in [0.15, 0.2) is 24.7 Å². The van der Waals surface area contributed by atoms with Crippen LogP contribution in [0.2, 0.25) is 5.02 Å². The second-order valence-corrected chi connectivity index (χ2v) is 10.6. The number of aromatic nitrogens is 3. The molecule has 0 bridgehead atoms. The van der Waals surface area contributed by atoms with E-state index in [0.717, 1.165) is 37.3 Å². The highest BCUT2D eigenvalue weighted by atomic mass is 35.5. The van der Waals surface area contributed by atoms with Crippen molar-refractivity contribution in [2.24, 2.45) is 11.8 Å². The Kier molecular flexibility index (Phi) is 10.0. The molecule has 2 aliphatic heterocycles. The van der Waals surface area contributed by atoms with Crippen molar-refractivity contribution in [2.75, 3.05) is 56.9 Å². The van der Waals surface area contributed by atoms with Gasteiger partial charge in [-0.2, -0.15) is 0 Å². The Hall–Kier alpha value is -2.89. The van der Waals surface area contributed by atoms with Gasteiger partial charge in [-0.25, -0.2) is 15.0 Å². The summed E-state index contributed by atoms with van der Waals surface area (Å²) in [6, 6.07) is 1.94. The second-order valence-electron chi connectivity index (χ2n) is 10.2. The van der Waals surface area contributed by atoms with Crippen LogP contribution in [0.25, 0.3) is 0 Å². The van der Waals surface area contributed by atoms with Crippen molar-refractivity contribution >= 4 is 28.9 Å². The maximum Gasteiger partial charge on any atom is 0.316 e. The van der Waals surface area contributed by atoms with Gasteiger partial charge in [0.1, 0.15) is 6.10 Å². The van der Waals surface area contributed by atoms with Gasteiger partial charge in [0, 0.05) is 70.3 Å². The SMILES string of the molecule is COCCCOC1CN(c2cnc(OC3CCN(c4cc(OC)ncc4Cl)CC3C)nc2)C(CC(=O)O)C1C. The Morgan fingerprint density at radius 1 is 1.10 bits per heavy atom. The van der Waals surface area contributed by atoms with Crippen LogP contribution < -0.4 is 19.3 Å². The number of nitrogens with zero attached hydrogens (tertiary/aromatic N) is 5. The number of piperidine rings is 1. The molecular weight excluding hydrogens is 526 g/mol. The number of carboxylic acids is 1. The van der Waals surface area contributed by atoms with Gasteiger partial charge in [-0.15, -0.1) is 0 Å². The topological polar surface area (TPSA) is 119 Å².